The highest BCUT2D eigenvalue weighted by Crippen LogP contribution is 2.33. The Morgan fingerprint density at radius 3 is 2.19 bits per heavy atom. The molecule has 2 amide bonds. The van der Waals surface area contributed by atoms with Gasteiger partial charge in [-0.1, -0.05) is 80.6 Å². The van der Waals surface area contributed by atoms with Crippen LogP contribution in [0.3, 0.4) is 0 Å². The quantitative estimate of drug-likeness (QED) is 0.387. The second-order valence-electron chi connectivity index (χ2n) is 12.7. The molecule has 3 aromatic rings. The maximum absolute atomic E-state index is 14.0. The first-order valence-corrected chi connectivity index (χ1v) is 16.0. The summed E-state index contributed by atoms with van der Waals surface area (Å²) >= 11 is 0. The van der Waals surface area contributed by atoms with E-state index in [1.807, 2.05) is 46.0 Å². The number of hydrogen-bond acceptors (Lipinski definition) is 4. The molecular formula is C35H45N5O2. The van der Waals surface area contributed by atoms with E-state index in [0.29, 0.717) is 12.5 Å². The zero-order valence-electron chi connectivity index (χ0n) is 25.2. The summed E-state index contributed by atoms with van der Waals surface area (Å²) in [7, 11) is 0. The fourth-order valence-corrected chi connectivity index (χ4v) is 7.51. The van der Waals surface area contributed by atoms with E-state index >= 15 is 0 Å². The molecule has 7 nitrogen and oxygen atoms in total. The van der Waals surface area contributed by atoms with Crippen molar-refractivity contribution in [2.24, 2.45) is 11.8 Å². The first-order valence-electron chi connectivity index (χ1n) is 16.0. The van der Waals surface area contributed by atoms with Crippen LogP contribution in [0.2, 0.25) is 0 Å². The molecule has 3 heterocycles. The van der Waals surface area contributed by atoms with Crippen molar-refractivity contribution in [3.63, 3.8) is 0 Å². The molecule has 6 rings (SSSR count). The van der Waals surface area contributed by atoms with Crippen LogP contribution in [0.1, 0.15) is 73.9 Å². The first-order chi connectivity index (χ1) is 20.5. The highest BCUT2D eigenvalue weighted by Gasteiger charge is 2.45. The van der Waals surface area contributed by atoms with Gasteiger partial charge in [0, 0.05) is 24.3 Å². The number of nitrogens with one attached hydrogen (secondary N) is 1. The Morgan fingerprint density at radius 2 is 1.50 bits per heavy atom. The molecule has 7 heteroatoms. The van der Waals surface area contributed by atoms with Crippen molar-refractivity contribution in [3.8, 4) is 5.69 Å². The predicted octanol–water partition coefficient (Wildman–Crippen LogP) is 5.57. The molecule has 3 fully saturated rings. The van der Waals surface area contributed by atoms with Crippen LogP contribution in [0, 0.1) is 25.7 Å². The molecule has 1 aromatic heterocycles. The van der Waals surface area contributed by atoms with Crippen LogP contribution >= 0.6 is 0 Å². The number of para-hydroxylation sites is 1. The van der Waals surface area contributed by atoms with Gasteiger partial charge in [-0.15, -0.1) is 0 Å². The molecule has 222 valence electrons. The number of piperidine rings is 1. The predicted molar refractivity (Wildman–Crippen MR) is 165 cm³/mol. The molecule has 0 bridgehead atoms. The van der Waals surface area contributed by atoms with Crippen LogP contribution in [0.25, 0.3) is 5.69 Å². The minimum atomic E-state index is -0.410. The second kappa shape index (κ2) is 12.8. The van der Waals surface area contributed by atoms with Gasteiger partial charge in [0.15, 0.2) is 0 Å². The Balaban J connectivity index is 1.14. The lowest BCUT2D eigenvalue weighted by atomic mass is 9.82. The minimum Gasteiger partial charge on any atom is -0.342 e. The third kappa shape index (κ3) is 6.17. The summed E-state index contributed by atoms with van der Waals surface area (Å²) in [4.78, 5) is 32.2. The Hall–Kier alpha value is -3.45. The summed E-state index contributed by atoms with van der Waals surface area (Å²) in [5.74, 6) is 0.833. The molecule has 2 saturated heterocycles. The van der Waals surface area contributed by atoms with E-state index in [1.165, 1.54) is 43.4 Å². The summed E-state index contributed by atoms with van der Waals surface area (Å²) in [6.07, 6.45) is 8.67. The molecule has 0 unspecified atom stereocenters. The maximum Gasteiger partial charge on any atom is 0.246 e. The number of aromatic nitrogens is 2. The van der Waals surface area contributed by atoms with Crippen molar-refractivity contribution in [1.82, 2.24) is 24.9 Å². The first kappa shape index (κ1) is 28.7. The number of carbonyl (C=O) groups is 2. The highest BCUT2D eigenvalue weighted by molar-refractivity contribution is 5.97. The summed E-state index contributed by atoms with van der Waals surface area (Å²) in [5.41, 5.74) is 5.68. The van der Waals surface area contributed by atoms with Crippen molar-refractivity contribution in [2.45, 2.75) is 90.4 Å². The molecule has 2 atom stereocenters. The molecule has 42 heavy (non-hydrogen) atoms. The lowest BCUT2D eigenvalue weighted by Crippen LogP contribution is -2.65. The number of nitrogens with zero attached hydrogens (tertiary/aromatic N) is 4. The largest absolute Gasteiger partial charge is 0.342 e. The zero-order chi connectivity index (χ0) is 29.1. The number of benzene rings is 2. The topological polar surface area (TPSA) is 70.5 Å². The van der Waals surface area contributed by atoms with E-state index in [4.69, 9.17) is 5.10 Å². The standard InChI is InChI=1S/C35H45N5O2/c1-25-31(26(2)40(37-25)30-16-10-5-11-17-30)24-38-20-18-29(19-21-38)33-34(41)36-32(22-27-12-6-3-7-13-27)35(42)39(33)23-28-14-8-4-9-15-28/h4-5,8-11,14-17,27,29,32-33H,3,6-7,12-13,18-24H2,1-2H3,(H,36,41)/t32-,33-/m0/s1. The Labute approximate surface area is 250 Å². The lowest BCUT2D eigenvalue weighted by Gasteiger charge is -2.45. The van der Waals surface area contributed by atoms with Gasteiger partial charge in [-0.25, -0.2) is 4.68 Å². The Kier molecular flexibility index (Phi) is 8.75. The van der Waals surface area contributed by atoms with Crippen LogP contribution in [0.5, 0.6) is 0 Å². The number of carbonyl (C=O) groups excluding carboxylic acids is 2. The van der Waals surface area contributed by atoms with Crippen LogP contribution in [-0.4, -0.2) is 56.6 Å². The normalized spacial score (nSPS) is 22.9. The zero-order valence-corrected chi connectivity index (χ0v) is 25.2. The van der Waals surface area contributed by atoms with Gasteiger partial charge in [0.2, 0.25) is 11.8 Å². The number of hydrogen-bond donors (Lipinski definition) is 1. The van der Waals surface area contributed by atoms with E-state index in [-0.39, 0.29) is 17.7 Å². The van der Waals surface area contributed by atoms with Gasteiger partial charge in [-0.05, 0) is 75.7 Å². The second-order valence-corrected chi connectivity index (χ2v) is 12.7. The van der Waals surface area contributed by atoms with Gasteiger partial charge in [-0.3, -0.25) is 14.5 Å². The van der Waals surface area contributed by atoms with Crippen molar-refractivity contribution in [2.75, 3.05) is 13.1 Å². The average molecular weight is 568 g/mol. The lowest BCUT2D eigenvalue weighted by molar-refractivity contribution is -0.154. The van der Waals surface area contributed by atoms with E-state index in [0.717, 1.165) is 55.8 Å². The van der Waals surface area contributed by atoms with Crippen LogP contribution < -0.4 is 5.32 Å². The summed E-state index contributed by atoms with van der Waals surface area (Å²) < 4.78 is 2.04. The number of aryl methyl sites for hydroxylation is 1. The fourth-order valence-electron chi connectivity index (χ4n) is 7.51. The molecule has 3 aliphatic rings. The number of amides is 2. The fraction of sp³-hybridized carbons (Fsp3) is 0.514. The Morgan fingerprint density at radius 1 is 0.833 bits per heavy atom. The summed E-state index contributed by atoms with van der Waals surface area (Å²) in [6.45, 7) is 7.40. The SMILES string of the molecule is Cc1nn(-c2ccccc2)c(C)c1CN1CCC([C@H]2C(=O)N[C@@H](CC3CCCCC3)C(=O)N2Cc2ccccc2)CC1. The van der Waals surface area contributed by atoms with Crippen molar-refractivity contribution < 1.29 is 9.59 Å². The van der Waals surface area contributed by atoms with Gasteiger partial charge in [-0.2, -0.15) is 5.10 Å². The van der Waals surface area contributed by atoms with Crippen LogP contribution in [-0.2, 0) is 22.7 Å². The van der Waals surface area contributed by atoms with Gasteiger partial charge in [0.25, 0.3) is 0 Å². The monoisotopic (exact) mass is 567 g/mol. The number of rotatable bonds is 8. The molecule has 2 aliphatic heterocycles. The van der Waals surface area contributed by atoms with Gasteiger partial charge < -0.3 is 10.2 Å². The van der Waals surface area contributed by atoms with Gasteiger partial charge in [0.05, 0.1) is 11.4 Å². The average Bonchev–Trinajstić information content (AvgIpc) is 3.30. The molecular weight excluding hydrogens is 522 g/mol. The van der Waals surface area contributed by atoms with Crippen molar-refractivity contribution in [1.29, 1.82) is 0 Å². The molecule has 1 N–H and O–H groups in total. The van der Waals surface area contributed by atoms with E-state index in [1.54, 1.807) is 0 Å². The molecule has 0 radical (unpaired) electrons. The van der Waals surface area contributed by atoms with Crippen molar-refractivity contribution >= 4 is 11.8 Å². The maximum atomic E-state index is 14.0. The highest BCUT2D eigenvalue weighted by atomic mass is 16.2. The van der Waals surface area contributed by atoms with Crippen LogP contribution in [0.15, 0.2) is 60.7 Å². The number of likely N-dealkylation sites (tertiary alicyclic amines) is 1. The number of piperazine rings is 1. The molecule has 1 aliphatic carbocycles. The molecule has 2 aromatic carbocycles. The van der Waals surface area contributed by atoms with E-state index in [2.05, 4.69) is 48.3 Å². The van der Waals surface area contributed by atoms with E-state index in [9.17, 15) is 9.59 Å². The van der Waals surface area contributed by atoms with Crippen molar-refractivity contribution in [3.05, 3.63) is 83.2 Å². The van der Waals surface area contributed by atoms with Gasteiger partial charge >= 0.3 is 0 Å². The minimum absolute atomic E-state index is 0.0422. The van der Waals surface area contributed by atoms with Crippen LogP contribution in [0.4, 0.5) is 0 Å². The molecule has 0 spiro atoms. The van der Waals surface area contributed by atoms with E-state index < -0.39 is 12.1 Å². The summed E-state index contributed by atoms with van der Waals surface area (Å²) in [6, 6.07) is 19.6. The Bertz CT molecular complexity index is 1360. The smallest absolute Gasteiger partial charge is 0.246 e. The van der Waals surface area contributed by atoms with Gasteiger partial charge in [0.1, 0.15) is 12.1 Å². The third-order valence-electron chi connectivity index (χ3n) is 9.89. The summed E-state index contributed by atoms with van der Waals surface area (Å²) in [5, 5.41) is 8.05. The third-order valence-corrected chi connectivity index (χ3v) is 9.89. The molecule has 1 saturated carbocycles.